The fourth-order valence-corrected chi connectivity index (χ4v) is 6.44. The van der Waals surface area contributed by atoms with E-state index in [-0.39, 0.29) is 30.7 Å². The van der Waals surface area contributed by atoms with Gasteiger partial charge in [-0.15, -0.1) is 0 Å². The second kappa shape index (κ2) is 10.9. The number of carbonyl (C=O) groups excluding carboxylic acids is 1. The van der Waals surface area contributed by atoms with Gasteiger partial charge in [-0.2, -0.15) is 0 Å². The molecule has 2 bridgehead atoms. The van der Waals surface area contributed by atoms with Gasteiger partial charge in [0.25, 0.3) is 0 Å². The van der Waals surface area contributed by atoms with Gasteiger partial charge in [0.05, 0.1) is 44.1 Å². The molecule has 2 fully saturated rings. The van der Waals surface area contributed by atoms with Crippen LogP contribution in [0.3, 0.4) is 0 Å². The molecule has 204 valence electrons. The summed E-state index contributed by atoms with van der Waals surface area (Å²) in [5.41, 5.74) is 3.84. The number of fused-ring (bicyclic) bond motifs is 5. The van der Waals surface area contributed by atoms with E-state index in [4.69, 9.17) is 18.9 Å². The number of rotatable bonds is 8. The molecule has 0 aromatic heterocycles. The highest BCUT2D eigenvalue weighted by molar-refractivity contribution is 5.79. The molecule has 2 unspecified atom stereocenters. The van der Waals surface area contributed by atoms with Crippen LogP contribution in [0.25, 0.3) is 11.1 Å². The Kier molecular flexibility index (Phi) is 7.19. The third-order valence-electron chi connectivity index (χ3n) is 8.16. The molecule has 7 nitrogen and oxygen atoms in total. The number of morpholine rings is 1. The Bertz CT molecular complexity index is 1270. The maximum atomic E-state index is 13.4. The van der Waals surface area contributed by atoms with E-state index < -0.39 is 5.60 Å². The van der Waals surface area contributed by atoms with E-state index in [1.54, 1.807) is 4.90 Å². The first-order valence-corrected chi connectivity index (χ1v) is 13.8. The molecule has 3 aromatic rings. The van der Waals surface area contributed by atoms with Gasteiger partial charge in [0.15, 0.2) is 11.5 Å². The molecular formula is C32H35NO6. The summed E-state index contributed by atoms with van der Waals surface area (Å²) >= 11 is 0. The van der Waals surface area contributed by atoms with Crippen LogP contribution in [-0.4, -0.2) is 66.8 Å². The largest absolute Gasteiger partial charge is 0.490 e. The molecule has 2 atom stereocenters. The predicted molar refractivity (Wildman–Crippen MR) is 147 cm³/mol. The minimum absolute atomic E-state index is 0.0101. The van der Waals surface area contributed by atoms with Crippen molar-refractivity contribution in [2.75, 3.05) is 33.0 Å². The van der Waals surface area contributed by atoms with E-state index >= 15 is 0 Å². The molecule has 3 aromatic carbocycles. The van der Waals surface area contributed by atoms with E-state index in [1.165, 1.54) is 22.3 Å². The van der Waals surface area contributed by atoms with Crippen molar-refractivity contribution < 1.29 is 28.8 Å². The predicted octanol–water partition coefficient (Wildman–Crippen LogP) is 5.40. The highest BCUT2D eigenvalue weighted by Gasteiger charge is 2.48. The van der Waals surface area contributed by atoms with Crippen LogP contribution in [-0.2, 0) is 9.47 Å². The van der Waals surface area contributed by atoms with Crippen LogP contribution < -0.4 is 9.47 Å². The summed E-state index contributed by atoms with van der Waals surface area (Å²) in [7, 11) is 0. The second-order valence-corrected chi connectivity index (χ2v) is 10.7. The fraction of sp³-hybridized carbons (Fsp3) is 0.406. The summed E-state index contributed by atoms with van der Waals surface area (Å²) in [6.45, 7) is 3.89. The van der Waals surface area contributed by atoms with Crippen LogP contribution in [0.2, 0.25) is 0 Å². The Balaban J connectivity index is 1.09. The van der Waals surface area contributed by atoms with Crippen LogP contribution in [0.4, 0.5) is 4.79 Å². The minimum Gasteiger partial charge on any atom is -0.490 e. The zero-order chi connectivity index (χ0) is 26.8. The molecule has 2 heterocycles. The molecule has 3 aliphatic rings. The standard InChI is InChI=1S/C32H35NO6/c1-2-37-29-13-7-8-14-30(29)38-16-15-32(35)17-22-19-36-20-23(18-32)33(22)31(34)39-21-28-26-11-5-3-9-24(26)25-10-4-6-12-27(25)28/h3-14,22-23,28,35H,2,15-21H2,1H3. The smallest absolute Gasteiger partial charge is 0.410 e. The monoisotopic (exact) mass is 529 g/mol. The number of piperidine rings is 1. The maximum Gasteiger partial charge on any atom is 0.410 e. The summed E-state index contributed by atoms with van der Waals surface area (Å²) in [4.78, 5) is 15.2. The SMILES string of the molecule is CCOc1ccccc1OCCC1(O)CC2COCC(C1)N2C(=O)OCC1c2ccccc2-c2ccccc21. The molecule has 39 heavy (non-hydrogen) atoms. The summed E-state index contributed by atoms with van der Waals surface area (Å²) in [5.74, 6) is 1.38. The van der Waals surface area contributed by atoms with Gasteiger partial charge in [-0.25, -0.2) is 4.79 Å². The number of para-hydroxylation sites is 2. The van der Waals surface area contributed by atoms with Crippen LogP contribution in [0.1, 0.15) is 43.2 Å². The zero-order valence-electron chi connectivity index (χ0n) is 22.3. The van der Waals surface area contributed by atoms with E-state index in [1.807, 2.05) is 55.5 Å². The molecule has 0 spiro atoms. The van der Waals surface area contributed by atoms with Crippen LogP contribution in [0.15, 0.2) is 72.8 Å². The number of aliphatic hydroxyl groups is 1. The van der Waals surface area contributed by atoms with E-state index in [9.17, 15) is 9.90 Å². The first-order valence-electron chi connectivity index (χ1n) is 13.8. The fourth-order valence-electron chi connectivity index (χ4n) is 6.44. The van der Waals surface area contributed by atoms with Crippen molar-refractivity contribution in [3.63, 3.8) is 0 Å². The van der Waals surface area contributed by atoms with Gasteiger partial charge in [0, 0.05) is 12.3 Å². The summed E-state index contributed by atoms with van der Waals surface area (Å²) in [6, 6.07) is 23.7. The van der Waals surface area contributed by atoms with Crippen molar-refractivity contribution in [1.29, 1.82) is 0 Å². The van der Waals surface area contributed by atoms with Crippen LogP contribution >= 0.6 is 0 Å². The van der Waals surface area contributed by atoms with E-state index in [2.05, 4.69) is 24.3 Å². The molecule has 0 saturated carbocycles. The van der Waals surface area contributed by atoms with Crippen molar-refractivity contribution in [3.05, 3.63) is 83.9 Å². The number of hydrogen-bond donors (Lipinski definition) is 1. The highest BCUT2D eigenvalue weighted by Crippen LogP contribution is 2.45. The number of nitrogens with zero attached hydrogens (tertiary/aromatic N) is 1. The second-order valence-electron chi connectivity index (χ2n) is 10.7. The molecular weight excluding hydrogens is 494 g/mol. The average molecular weight is 530 g/mol. The molecule has 1 amide bonds. The molecule has 1 N–H and O–H groups in total. The molecule has 7 heteroatoms. The van der Waals surface area contributed by atoms with Gasteiger partial charge >= 0.3 is 6.09 Å². The highest BCUT2D eigenvalue weighted by atomic mass is 16.6. The average Bonchev–Trinajstić information content (AvgIpc) is 3.26. The third kappa shape index (κ3) is 5.09. The zero-order valence-corrected chi connectivity index (χ0v) is 22.3. The van der Waals surface area contributed by atoms with Crippen molar-refractivity contribution in [1.82, 2.24) is 4.90 Å². The molecule has 2 aliphatic heterocycles. The summed E-state index contributed by atoms with van der Waals surface area (Å²) < 4.78 is 23.4. The van der Waals surface area contributed by atoms with Gasteiger partial charge in [-0.05, 0) is 54.2 Å². The van der Waals surface area contributed by atoms with E-state index in [0.29, 0.717) is 57.2 Å². The minimum atomic E-state index is -0.945. The lowest BCUT2D eigenvalue weighted by molar-refractivity contribution is -0.137. The Morgan fingerprint density at radius 2 is 1.46 bits per heavy atom. The van der Waals surface area contributed by atoms with Gasteiger partial charge in [-0.1, -0.05) is 60.7 Å². The lowest BCUT2D eigenvalue weighted by atomic mass is 9.79. The number of carbonyl (C=O) groups is 1. The Hall–Kier alpha value is -3.55. The number of benzene rings is 3. The first kappa shape index (κ1) is 25.7. The lowest BCUT2D eigenvalue weighted by Gasteiger charge is -2.50. The summed E-state index contributed by atoms with van der Waals surface area (Å²) in [6.07, 6.45) is 0.965. The quantitative estimate of drug-likeness (QED) is 0.421. The molecule has 0 radical (unpaired) electrons. The van der Waals surface area contributed by atoms with Crippen molar-refractivity contribution in [3.8, 4) is 22.6 Å². The van der Waals surface area contributed by atoms with Crippen molar-refractivity contribution in [2.45, 2.75) is 49.8 Å². The van der Waals surface area contributed by atoms with Crippen LogP contribution in [0.5, 0.6) is 11.5 Å². The van der Waals surface area contributed by atoms with E-state index in [0.717, 1.165) is 0 Å². The molecule has 6 rings (SSSR count). The molecule has 2 saturated heterocycles. The number of hydrogen-bond acceptors (Lipinski definition) is 6. The number of ether oxygens (including phenoxy) is 4. The Labute approximate surface area is 229 Å². The molecule has 1 aliphatic carbocycles. The Morgan fingerprint density at radius 1 is 0.897 bits per heavy atom. The summed E-state index contributed by atoms with van der Waals surface area (Å²) in [5, 5.41) is 11.5. The topological polar surface area (TPSA) is 77.5 Å². The van der Waals surface area contributed by atoms with Crippen molar-refractivity contribution >= 4 is 6.09 Å². The van der Waals surface area contributed by atoms with Gasteiger partial charge in [0.2, 0.25) is 0 Å². The van der Waals surface area contributed by atoms with Gasteiger partial charge in [0.1, 0.15) is 6.61 Å². The Morgan fingerprint density at radius 3 is 2.08 bits per heavy atom. The first-order chi connectivity index (χ1) is 19.1. The third-order valence-corrected chi connectivity index (χ3v) is 8.16. The van der Waals surface area contributed by atoms with Crippen LogP contribution in [0, 0.1) is 0 Å². The normalized spacial score (nSPS) is 23.6. The van der Waals surface area contributed by atoms with Gasteiger partial charge in [-0.3, -0.25) is 4.90 Å². The van der Waals surface area contributed by atoms with Gasteiger partial charge < -0.3 is 24.1 Å². The number of amides is 1. The lowest BCUT2D eigenvalue weighted by Crippen LogP contribution is -2.63. The maximum absolute atomic E-state index is 13.4. The van der Waals surface area contributed by atoms with Crippen molar-refractivity contribution in [2.24, 2.45) is 0 Å².